The van der Waals surface area contributed by atoms with Crippen LogP contribution in [0.5, 0.6) is 0 Å². The van der Waals surface area contributed by atoms with Crippen LogP contribution >= 0.6 is 11.6 Å². The monoisotopic (exact) mass is 259 g/mol. The van der Waals surface area contributed by atoms with Gasteiger partial charge in [-0.1, -0.05) is 11.6 Å². The predicted octanol–water partition coefficient (Wildman–Crippen LogP) is 3.50. The van der Waals surface area contributed by atoms with Crippen molar-refractivity contribution < 1.29 is 26.7 Å². The molecule has 2 nitrogen and oxygen atoms in total. The molecule has 0 aliphatic carbocycles. The lowest BCUT2D eigenvalue weighted by Gasteiger charge is -2.12. The van der Waals surface area contributed by atoms with Crippen molar-refractivity contribution in [3.8, 4) is 0 Å². The standard InChI is InChI=1S/C8H3ClF5NO/c9-5-4(8(12,13)14)1-3(2-16)15-6(5)7(10)11/h1-2,7H. The van der Waals surface area contributed by atoms with E-state index in [0.717, 1.165) is 0 Å². The minimum absolute atomic E-state index is 0.0581. The van der Waals surface area contributed by atoms with E-state index in [4.69, 9.17) is 11.6 Å². The second-order valence-electron chi connectivity index (χ2n) is 2.71. The largest absolute Gasteiger partial charge is 0.417 e. The van der Waals surface area contributed by atoms with Crippen molar-refractivity contribution in [1.29, 1.82) is 0 Å². The summed E-state index contributed by atoms with van der Waals surface area (Å²) in [5.41, 5.74) is -3.49. The van der Waals surface area contributed by atoms with E-state index in [-0.39, 0.29) is 6.29 Å². The first kappa shape index (κ1) is 12.8. The molecule has 1 aromatic heterocycles. The lowest BCUT2D eigenvalue weighted by atomic mass is 10.2. The Balaban J connectivity index is 3.49. The van der Waals surface area contributed by atoms with E-state index in [0.29, 0.717) is 6.07 Å². The summed E-state index contributed by atoms with van der Waals surface area (Å²) in [6.45, 7) is 0. The first-order valence-electron chi connectivity index (χ1n) is 3.78. The highest BCUT2D eigenvalue weighted by molar-refractivity contribution is 6.32. The van der Waals surface area contributed by atoms with Gasteiger partial charge in [0.2, 0.25) is 0 Å². The summed E-state index contributed by atoms with van der Waals surface area (Å²) in [6, 6.07) is 0.321. The maximum absolute atomic E-state index is 12.3. The van der Waals surface area contributed by atoms with Gasteiger partial charge < -0.3 is 0 Å². The number of nitrogens with zero attached hydrogens (tertiary/aromatic N) is 1. The Bertz CT molecular complexity index is 418. The van der Waals surface area contributed by atoms with E-state index in [1.54, 1.807) is 0 Å². The zero-order valence-corrected chi connectivity index (χ0v) is 8.11. The van der Waals surface area contributed by atoms with Gasteiger partial charge in [-0.25, -0.2) is 13.8 Å². The van der Waals surface area contributed by atoms with Crippen LogP contribution in [0.1, 0.15) is 28.2 Å². The van der Waals surface area contributed by atoms with Crippen LogP contribution in [-0.2, 0) is 6.18 Å². The molecule has 0 N–H and O–H groups in total. The third kappa shape index (κ3) is 2.46. The number of halogens is 6. The minimum Gasteiger partial charge on any atom is -0.296 e. The Morgan fingerprint density at radius 3 is 2.31 bits per heavy atom. The molecule has 0 bridgehead atoms. The van der Waals surface area contributed by atoms with Gasteiger partial charge in [0.1, 0.15) is 11.4 Å². The molecule has 8 heteroatoms. The highest BCUT2D eigenvalue weighted by Crippen LogP contribution is 2.38. The van der Waals surface area contributed by atoms with Crippen molar-refractivity contribution in [2.45, 2.75) is 12.6 Å². The fourth-order valence-corrected chi connectivity index (χ4v) is 1.27. The van der Waals surface area contributed by atoms with E-state index in [1.165, 1.54) is 0 Å². The van der Waals surface area contributed by atoms with E-state index >= 15 is 0 Å². The van der Waals surface area contributed by atoms with Crippen LogP contribution in [-0.4, -0.2) is 11.3 Å². The van der Waals surface area contributed by atoms with Gasteiger partial charge in [0, 0.05) is 0 Å². The Labute approximate surface area is 91.0 Å². The summed E-state index contributed by atoms with van der Waals surface area (Å²) in [6.07, 6.45) is -8.26. The van der Waals surface area contributed by atoms with Crippen LogP contribution in [0.3, 0.4) is 0 Å². The highest BCUT2D eigenvalue weighted by Gasteiger charge is 2.36. The third-order valence-corrected chi connectivity index (χ3v) is 2.03. The van der Waals surface area contributed by atoms with Gasteiger partial charge in [-0.15, -0.1) is 0 Å². The molecule has 0 spiro atoms. The first-order valence-corrected chi connectivity index (χ1v) is 4.16. The van der Waals surface area contributed by atoms with E-state index in [1.807, 2.05) is 0 Å². The van der Waals surface area contributed by atoms with Crippen molar-refractivity contribution in [2.75, 3.05) is 0 Å². The molecule has 0 saturated carbocycles. The molecular weight excluding hydrogens is 257 g/mol. The smallest absolute Gasteiger partial charge is 0.296 e. The predicted molar refractivity (Wildman–Crippen MR) is 44.6 cm³/mol. The third-order valence-electron chi connectivity index (χ3n) is 1.64. The number of carbonyl (C=O) groups is 1. The van der Waals surface area contributed by atoms with Gasteiger partial charge in [-0.3, -0.25) is 4.79 Å². The zero-order chi connectivity index (χ0) is 12.5. The average Bonchev–Trinajstić information content (AvgIpc) is 2.15. The quantitative estimate of drug-likeness (QED) is 0.601. The molecule has 1 aromatic rings. The number of alkyl halides is 5. The topological polar surface area (TPSA) is 30.0 Å². The highest BCUT2D eigenvalue weighted by atomic mass is 35.5. The summed E-state index contributed by atoms with van der Waals surface area (Å²) in [4.78, 5) is 13.3. The Hall–Kier alpha value is -1.24. The summed E-state index contributed by atoms with van der Waals surface area (Å²) < 4.78 is 61.6. The maximum atomic E-state index is 12.3. The molecule has 0 amide bonds. The van der Waals surface area contributed by atoms with Crippen LogP contribution in [0.15, 0.2) is 6.07 Å². The summed E-state index contributed by atoms with van der Waals surface area (Å²) in [7, 11) is 0. The van der Waals surface area contributed by atoms with Crippen molar-refractivity contribution in [3.63, 3.8) is 0 Å². The Morgan fingerprint density at radius 1 is 1.38 bits per heavy atom. The molecule has 0 aromatic carbocycles. The van der Waals surface area contributed by atoms with E-state index < -0.39 is 34.6 Å². The van der Waals surface area contributed by atoms with Gasteiger partial charge in [0.05, 0.1) is 10.6 Å². The van der Waals surface area contributed by atoms with Crippen LogP contribution < -0.4 is 0 Å². The maximum Gasteiger partial charge on any atom is 0.417 e. The van der Waals surface area contributed by atoms with E-state index in [2.05, 4.69) is 4.98 Å². The first-order chi connectivity index (χ1) is 7.27. The van der Waals surface area contributed by atoms with Crippen molar-refractivity contribution in [2.24, 2.45) is 0 Å². The number of aromatic nitrogens is 1. The summed E-state index contributed by atoms with van der Waals surface area (Å²) in [5.74, 6) is 0. The van der Waals surface area contributed by atoms with Gasteiger partial charge in [0.25, 0.3) is 6.43 Å². The normalized spacial score (nSPS) is 11.9. The minimum atomic E-state index is -4.92. The van der Waals surface area contributed by atoms with Crippen LogP contribution in [0, 0.1) is 0 Å². The molecule has 16 heavy (non-hydrogen) atoms. The SMILES string of the molecule is O=Cc1cc(C(F)(F)F)c(Cl)c(C(F)F)n1. The average molecular weight is 260 g/mol. The number of rotatable bonds is 2. The molecule has 88 valence electrons. The summed E-state index contributed by atoms with van der Waals surface area (Å²) >= 11 is 5.14. The fraction of sp³-hybridized carbons (Fsp3) is 0.250. The van der Waals surface area contributed by atoms with Gasteiger partial charge >= 0.3 is 6.18 Å². The Morgan fingerprint density at radius 2 is 1.94 bits per heavy atom. The van der Waals surface area contributed by atoms with Crippen molar-refractivity contribution in [1.82, 2.24) is 4.98 Å². The molecule has 0 radical (unpaired) electrons. The fourth-order valence-electron chi connectivity index (χ4n) is 0.981. The molecule has 0 fully saturated rings. The van der Waals surface area contributed by atoms with Gasteiger partial charge in [-0.2, -0.15) is 13.2 Å². The van der Waals surface area contributed by atoms with Crippen molar-refractivity contribution in [3.05, 3.63) is 28.0 Å². The molecule has 0 aliphatic rings. The van der Waals surface area contributed by atoms with Crippen LogP contribution in [0.25, 0.3) is 0 Å². The molecule has 0 saturated heterocycles. The van der Waals surface area contributed by atoms with Crippen molar-refractivity contribution >= 4 is 17.9 Å². The molecule has 0 aliphatic heterocycles. The zero-order valence-electron chi connectivity index (χ0n) is 7.36. The Kier molecular flexibility index (Phi) is 3.47. The van der Waals surface area contributed by atoms with Gasteiger partial charge in [-0.05, 0) is 6.07 Å². The van der Waals surface area contributed by atoms with Gasteiger partial charge in [0.15, 0.2) is 6.29 Å². The molecule has 0 atom stereocenters. The lowest BCUT2D eigenvalue weighted by Crippen LogP contribution is -2.10. The molecule has 0 unspecified atom stereocenters. The second-order valence-corrected chi connectivity index (χ2v) is 3.09. The number of hydrogen-bond acceptors (Lipinski definition) is 2. The number of hydrogen-bond donors (Lipinski definition) is 0. The molecule has 1 rings (SSSR count). The summed E-state index contributed by atoms with van der Waals surface area (Å²) in [5, 5.41) is -1.19. The van der Waals surface area contributed by atoms with Crippen LogP contribution in [0.4, 0.5) is 22.0 Å². The van der Waals surface area contributed by atoms with Crippen LogP contribution in [0.2, 0.25) is 5.02 Å². The second kappa shape index (κ2) is 4.32. The lowest BCUT2D eigenvalue weighted by molar-refractivity contribution is -0.137. The number of carbonyl (C=O) groups excluding carboxylic acids is 1. The molecule has 1 heterocycles. The van der Waals surface area contributed by atoms with E-state index in [9.17, 15) is 26.7 Å². The number of aldehydes is 1. The molecular formula is C8H3ClF5NO. The number of pyridine rings is 1.